The topological polar surface area (TPSA) is 134 Å². The van der Waals surface area contributed by atoms with Gasteiger partial charge in [0.25, 0.3) is 0 Å². The van der Waals surface area contributed by atoms with Crippen LogP contribution in [0.15, 0.2) is 60.7 Å². The number of hydrogen-bond acceptors (Lipinski definition) is 8. The number of esters is 2. The Morgan fingerprint density at radius 2 is 0.700 bits per heavy atom. The number of aliphatic hydroxyl groups is 4. The van der Waals surface area contributed by atoms with Gasteiger partial charge >= 0.3 is 11.9 Å². The number of rotatable bonds is 8. The predicted octanol–water partition coefficient (Wildman–Crippen LogP) is 5.03. The molecule has 0 bridgehead atoms. The van der Waals surface area contributed by atoms with E-state index < -0.39 is 34.3 Å². The molecule has 3 aromatic carbocycles. The van der Waals surface area contributed by atoms with Gasteiger partial charge in [-0.3, -0.25) is 0 Å². The minimum absolute atomic E-state index is 0.152. The van der Waals surface area contributed by atoms with Crippen molar-refractivity contribution in [2.24, 2.45) is 0 Å². The van der Waals surface area contributed by atoms with E-state index in [1.165, 1.54) is 48.5 Å². The highest BCUT2D eigenvalue weighted by atomic mass is 16.5. The summed E-state index contributed by atoms with van der Waals surface area (Å²) >= 11 is 0. The number of carbonyl (C=O) groups excluding carboxylic acids is 2. The van der Waals surface area contributed by atoms with E-state index in [1.807, 2.05) is 0 Å². The number of carbonyl (C=O) groups is 2. The van der Waals surface area contributed by atoms with Crippen LogP contribution in [0.25, 0.3) is 0 Å². The third-order valence-corrected chi connectivity index (χ3v) is 6.42. The van der Waals surface area contributed by atoms with E-state index in [9.17, 15) is 30.0 Å². The highest BCUT2D eigenvalue weighted by Gasteiger charge is 2.26. The molecule has 214 valence electrons. The van der Waals surface area contributed by atoms with Crippen LogP contribution in [0.5, 0.6) is 11.5 Å². The van der Waals surface area contributed by atoms with Crippen LogP contribution >= 0.6 is 0 Å². The second-order valence-electron chi connectivity index (χ2n) is 12.1. The summed E-state index contributed by atoms with van der Waals surface area (Å²) in [6.07, 6.45) is 0. The average molecular weight is 551 g/mol. The predicted molar refractivity (Wildman–Crippen MR) is 150 cm³/mol. The van der Waals surface area contributed by atoms with Crippen LogP contribution in [0.3, 0.4) is 0 Å². The second kappa shape index (κ2) is 10.8. The summed E-state index contributed by atoms with van der Waals surface area (Å²) in [5.41, 5.74) is -2.72. The van der Waals surface area contributed by atoms with Crippen molar-refractivity contribution in [3.63, 3.8) is 0 Å². The quantitative estimate of drug-likeness (QED) is 0.227. The minimum Gasteiger partial charge on any atom is -0.423 e. The van der Waals surface area contributed by atoms with Crippen LogP contribution in [0.1, 0.15) is 98.4 Å². The summed E-state index contributed by atoms with van der Waals surface area (Å²) in [7, 11) is 0. The Bertz CT molecular complexity index is 1220. The number of benzene rings is 3. The van der Waals surface area contributed by atoms with Crippen molar-refractivity contribution in [2.75, 3.05) is 0 Å². The zero-order valence-corrected chi connectivity index (χ0v) is 24.2. The third-order valence-electron chi connectivity index (χ3n) is 6.42. The Morgan fingerprint density at radius 1 is 0.475 bits per heavy atom. The maximum absolute atomic E-state index is 12.9. The molecule has 0 aromatic heterocycles. The van der Waals surface area contributed by atoms with Gasteiger partial charge in [-0.05, 0) is 138 Å². The highest BCUT2D eigenvalue weighted by Crippen LogP contribution is 2.33. The number of hydrogen-bond donors (Lipinski definition) is 4. The van der Waals surface area contributed by atoms with Gasteiger partial charge in [-0.25, -0.2) is 9.59 Å². The lowest BCUT2D eigenvalue weighted by molar-refractivity contribution is 0.0671. The number of ether oxygens (including phenoxy) is 2. The average Bonchev–Trinajstić information content (AvgIpc) is 2.81. The third kappa shape index (κ3) is 7.76. The molecular formula is C32H38O8. The van der Waals surface area contributed by atoms with Gasteiger partial charge < -0.3 is 29.9 Å². The van der Waals surface area contributed by atoms with Gasteiger partial charge in [0.15, 0.2) is 0 Å². The minimum atomic E-state index is -1.23. The maximum Gasteiger partial charge on any atom is 0.343 e. The smallest absolute Gasteiger partial charge is 0.343 e. The summed E-state index contributed by atoms with van der Waals surface area (Å²) in [5, 5.41) is 41.8. The first-order valence-corrected chi connectivity index (χ1v) is 12.9. The SMILES string of the molecule is CC(C)(O)c1cc(OC(=O)c2ccc(C(=O)Oc3cc(C(C)(C)O)cc(C(C)(C)O)c3)cc2)cc(C(C)(C)O)c1. The first-order valence-electron chi connectivity index (χ1n) is 12.9. The fraction of sp³-hybridized carbons (Fsp3) is 0.375. The largest absolute Gasteiger partial charge is 0.423 e. The Hall–Kier alpha value is -3.56. The van der Waals surface area contributed by atoms with Crippen LogP contribution in [-0.4, -0.2) is 32.4 Å². The Balaban J connectivity index is 1.82. The monoisotopic (exact) mass is 550 g/mol. The molecule has 0 aliphatic carbocycles. The van der Waals surface area contributed by atoms with Gasteiger partial charge in [-0.1, -0.05) is 0 Å². The van der Waals surface area contributed by atoms with Gasteiger partial charge in [0.05, 0.1) is 33.5 Å². The Kier molecular flexibility index (Phi) is 8.35. The zero-order chi connectivity index (χ0) is 30.3. The van der Waals surface area contributed by atoms with E-state index >= 15 is 0 Å². The van der Waals surface area contributed by atoms with Gasteiger partial charge in [0.1, 0.15) is 11.5 Å². The first-order chi connectivity index (χ1) is 18.1. The van der Waals surface area contributed by atoms with Gasteiger partial charge in [-0.2, -0.15) is 0 Å². The van der Waals surface area contributed by atoms with Gasteiger partial charge in [0.2, 0.25) is 0 Å². The fourth-order valence-corrected chi connectivity index (χ4v) is 3.80. The van der Waals surface area contributed by atoms with E-state index in [-0.39, 0.29) is 22.6 Å². The van der Waals surface area contributed by atoms with Crippen molar-refractivity contribution in [1.29, 1.82) is 0 Å². The summed E-state index contributed by atoms with van der Waals surface area (Å²) in [6.45, 7) is 12.7. The molecule has 3 rings (SSSR count). The van der Waals surface area contributed by atoms with Gasteiger partial charge in [0, 0.05) is 0 Å². The van der Waals surface area contributed by atoms with E-state index in [1.54, 1.807) is 67.5 Å². The van der Waals surface area contributed by atoms with Crippen LogP contribution in [0.4, 0.5) is 0 Å². The molecule has 0 amide bonds. The van der Waals surface area contributed by atoms with Crippen LogP contribution in [0, 0.1) is 0 Å². The molecule has 40 heavy (non-hydrogen) atoms. The molecule has 0 heterocycles. The standard InChI is InChI=1S/C32H38O8/c1-29(2,35)21-13-22(30(3,4)36)16-25(15-21)39-27(33)19-9-11-20(12-10-19)28(34)40-26-17-23(31(5,6)37)14-24(18-26)32(7,8)38/h9-18,35-38H,1-8H3. The Morgan fingerprint density at radius 3 is 0.900 bits per heavy atom. The second-order valence-corrected chi connectivity index (χ2v) is 12.1. The summed E-state index contributed by atoms with van der Waals surface area (Å²) in [5.74, 6) is -1.08. The first kappa shape index (κ1) is 31.0. The molecule has 8 heteroatoms. The summed E-state index contributed by atoms with van der Waals surface area (Å²) in [6, 6.07) is 15.1. The highest BCUT2D eigenvalue weighted by molar-refractivity contribution is 5.95. The van der Waals surface area contributed by atoms with Crippen molar-refractivity contribution in [2.45, 2.75) is 77.8 Å². The van der Waals surface area contributed by atoms with Crippen molar-refractivity contribution in [3.8, 4) is 11.5 Å². The van der Waals surface area contributed by atoms with Crippen LogP contribution in [-0.2, 0) is 22.4 Å². The molecule has 0 saturated heterocycles. The lowest BCUT2D eigenvalue weighted by Gasteiger charge is -2.24. The molecule has 0 unspecified atom stereocenters. The fourth-order valence-electron chi connectivity index (χ4n) is 3.80. The van der Waals surface area contributed by atoms with E-state index in [0.717, 1.165) is 0 Å². The maximum atomic E-state index is 12.9. The van der Waals surface area contributed by atoms with E-state index in [4.69, 9.17) is 9.47 Å². The molecule has 0 atom stereocenters. The molecule has 0 saturated carbocycles. The molecule has 8 nitrogen and oxygen atoms in total. The molecule has 3 aromatic rings. The normalized spacial score (nSPS) is 12.7. The van der Waals surface area contributed by atoms with E-state index in [0.29, 0.717) is 22.3 Å². The van der Waals surface area contributed by atoms with Crippen molar-refractivity contribution in [3.05, 3.63) is 94.0 Å². The van der Waals surface area contributed by atoms with Crippen molar-refractivity contribution < 1.29 is 39.5 Å². The lowest BCUT2D eigenvalue weighted by atomic mass is 9.90. The lowest BCUT2D eigenvalue weighted by Crippen LogP contribution is -2.21. The molecule has 0 radical (unpaired) electrons. The molecular weight excluding hydrogens is 512 g/mol. The molecule has 0 aliphatic rings. The summed E-state index contributed by atoms with van der Waals surface area (Å²) < 4.78 is 11.1. The zero-order valence-electron chi connectivity index (χ0n) is 24.2. The molecule has 0 fully saturated rings. The van der Waals surface area contributed by atoms with Crippen molar-refractivity contribution in [1.82, 2.24) is 0 Å². The van der Waals surface area contributed by atoms with Crippen LogP contribution < -0.4 is 9.47 Å². The molecule has 4 N–H and O–H groups in total. The Labute approximate surface area is 234 Å². The molecule has 0 aliphatic heterocycles. The van der Waals surface area contributed by atoms with Crippen LogP contribution in [0.2, 0.25) is 0 Å². The molecule has 0 spiro atoms. The van der Waals surface area contributed by atoms with Gasteiger partial charge in [-0.15, -0.1) is 0 Å². The van der Waals surface area contributed by atoms with Crippen molar-refractivity contribution >= 4 is 11.9 Å². The summed E-state index contributed by atoms with van der Waals surface area (Å²) in [4.78, 5) is 25.7. The van der Waals surface area contributed by atoms with E-state index in [2.05, 4.69) is 0 Å².